The number of Topliss-reactive ketones (excluding diaryl/α,β-unsaturated/α-hetero) is 1. The molecule has 0 atom stereocenters. The SMILES string of the molecule is CCCCCCCCCCCCCC(=O)CCC.Cc1ccc(N)cc1. The number of ketones is 1. The number of hydrogen-bond donors (Lipinski definition) is 1. The molecule has 0 aromatic heterocycles. The van der Waals surface area contributed by atoms with Gasteiger partial charge in [0.05, 0.1) is 0 Å². The molecule has 1 aromatic rings. The molecule has 0 saturated heterocycles. The topological polar surface area (TPSA) is 43.1 Å². The quantitative estimate of drug-likeness (QED) is 0.273. The predicted octanol–water partition coefficient (Wildman–Crippen LogP) is 7.63. The Morgan fingerprint density at radius 2 is 1.15 bits per heavy atom. The summed E-state index contributed by atoms with van der Waals surface area (Å²) in [6.07, 6.45) is 17.5. The normalized spacial score (nSPS) is 10.3. The fourth-order valence-corrected chi connectivity index (χ4v) is 2.96. The van der Waals surface area contributed by atoms with Gasteiger partial charge in [-0.05, 0) is 31.9 Å². The van der Waals surface area contributed by atoms with Crippen molar-refractivity contribution in [2.24, 2.45) is 0 Å². The second-order valence-electron chi connectivity index (χ2n) is 7.48. The van der Waals surface area contributed by atoms with Crippen molar-refractivity contribution >= 4 is 11.5 Å². The smallest absolute Gasteiger partial charge is 0.132 e. The summed E-state index contributed by atoms with van der Waals surface area (Å²) in [6, 6.07) is 7.79. The fraction of sp³-hybridized carbons (Fsp3) is 0.708. The molecule has 0 saturated carbocycles. The Kier molecular flexibility index (Phi) is 17.5. The minimum absolute atomic E-state index is 0.466. The zero-order chi connectivity index (χ0) is 19.5. The molecular weight excluding hydrogens is 318 g/mol. The minimum Gasteiger partial charge on any atom is -0.399 e. The number of carbonyl (C=O) groups is 1. The number of aryl methyl sites for hydroxylation is 1. The lowest BCUT2D eigenvalue weighted by atomic mass is 10.0. The van der Waals surface area contributed by atoms with Gasteiger partial charge in [0, 0.05) is 18.5 Å². The van der Waals surface area contributed by atoms with E-state index in [4.69, 9.17) is 5.73 Å². The molecule has 0 aliphatic carbocycles. The van der Waals surface area contributed by atoms with Crippen LogP contribution in [-0.2, 0) is 4.79 Å². The zero-order valence-electron chi connectivity index (χ0n) is 17.7. The summed E-state index contributed by atoms with van der Waals surface area (Å²) in [5.41, 5.74) is 7.51. The van der Waals surface area contributed by atoms with Crippen molar-refractivity contribution in [1.82, 2.24) is 0 Å². The van der Waals surface area contributed by atoms with Gasteiger partial charge < -0.3 is 5.73 Å². The van der Waals surface area contributed by atoms with E-state index in [2.05, 4.69) is 13.8 Å². The van der Waals surface area contributed by atoms with Gasteiger partial charge in [0.2, 0.25) is 0 Å². The number of benzene rings is 1. The first kappa shape index (κ1) is 24.7. The molecule has 26 heavy (non-hydrogen) atoms. The highest BCUT2D eigenvalue weighted by atomic mass is 16.1. The average Bonchev–Trinajstić information content (AvgIpc) is 2.63. The van der Waals surface area contributed by atoms with Crippen molar-refractivity contribution in [3.63, 3.8) is 0 Å². The molecule has 0 fully saturated rings. The van der Waals surface area contributed by atoms with Crippen LogP contribution in [0.2, 0.25) is 0 Å². The van der Waals surface area contributed by atoms with E-state index in [9.17, 15) is 4.79 Å². The van der Waals surface area contributed by atoms with E-state index in [-0.39, 0.29) is 0 Å². The number of anilines is 1. The van der Waals surface area contributed by atoms with E-state index in [1.807, 2.05) is 31.2 Å². The Hall–Kier alpha value is -1.31. The van der Waals surface area contributed by atoms with Crippen LogP contribution in [0.1, 0.15) is 109 Å². The molecule has 0 amide bonds. The number of unbranched alkanes of at least 4 members (excludes halogenated alkanes) is 10. The predicted molar refractivity (Wildman–Crippen MR) is 117 cm³/mol. The van der Waals surface area contributed by atoms with Crippen molar-refractivity contribution in [3.8, 4) is 0 Å². The van der Waals surface area contributed by atoms with Crippen molar-refractivity contribution in [3.05, 3.63) is 29.8 Å². The Bertz CT molecular complexity index is 403. The molecule has 0 aliphatic heterocycles. The first-order valence-electron chi connectivity index (χ1n) is 10.9. The third kappa shape index (κ3) is 17.5. The maximum Gasteiger partial charge on any atom is 0.132 e. The van der Waals surface area contributed by atoms with Gasteiger partial charge in [-0.25, -0.2) is 0 Å². The molecule has 0 aliphatic rings. The van der Waals surface area contributed by atoms with Crippen molar-refractivity contribution in [2.75, 3.05) is 5.73 Å². The second kappa shape index (κ2) is 18.5. The first-order valence-corrected chi connectivity index (χ1v) is 10.9. The third-order valence-electron chi connectivity index (χ3n) is 4.67. The standard InChI is InChI=1S/C17H34O.C7H9N/c1-3-5-6-7-8-9-10-11-12-13-14-16-17(18)15-4-2;1-6-2-4-7(8)5-3-6/h3-16H2,1-2H3;2-5H,8H2,1H3. The highest BCUT2D eigenvalue weighted by molar-refractivity contribution is 5.78. The van der Waals surface area contributed by atoms with Crippen LogP contribution in [0.15, 0.2) is 24.3 Å². The summed E-state index contributed by atoms with van der Waals surface area (Å²) in [5, 5.41) is 0. The van der Waals surface area contributed by atoms with Gasteiger partial charge >= 0.3 is 0 Å². The summed E-state index contributed by atoms with van der Waals surface area (Å²) >= 11 is 0. The third-order valence-corrected chi connectivity index (χ3v) is 4.67. The van der Waals surface area contributed by atoms with Crippen molar-refractivity contribution < 1.29 is 4.79 Å². The molecule has 0 bridgehead atoms. The average molecular weight is 362 g/mol. The van der Waals surface area contributed by atoms with Crippen LogP contribution in [-0.4, -0.2) is 5.78 Å². The number of hydrogen-bond acceptors (Lipinski definition) is 2. The largest absolute Gasteiger partial charge is 0.399 e. The highest BCUT2D eigenvalue weighted by Gasteiger charge is 1.99. The van der Waals surface area contributed by atoms with Crippen LogP contribution in [0.25, 0.3) is 0 Å². The summed E-state index contributed by atoms with van der Waals surface area (Å²) < 4.78 is 0. The maximum absolute atomic E-state index is 11.3. The zero-order valence-corrected chi connectivity index (χ0v) is 17.7. The van der Waals surface area contributed by atoms with E-state index >= 15 is 0 Å². The summed E-state index contributed by atoms with van der Waals surface area (Å²) in [6.45, 7) is 6.39. The lowest BCUT2D eigenvalue weighted by Crippen LogP contribution is -1.96. The molecule has 1 rings (SSSR count). The van der Waals surface area contributed by atoms with E-state index in [0.717, 1.165) is 31.4 Å². The Morgan fingerprint density at radius 1 is 0.692 bits per heavy atom. The van der Waals surface area contributed by atoms with Crippen LogP contribution < -0.4 is 5.73 Å². The molecule has 2 N–H and O–H groups in total. The van der Waals surface area contributed by atoms with Gasteiger partial charge in [-0.1, -0.05) is 95.8 Å². The van der Waals surface area contributed by atoms with E-state index in [0.29, 0.717) is 5.78 Å². The molecule has 2 nitrogen and oxygen atoms in total. The maximum atomic E-state index is 11.3. The van der Waals surface area contributed by atoms with Crippen LogP contribution in [0.4, 0.5) is 5.69 Å². The molecule has 1 aromatic carbocycles. The van der Waals surface area contributed by atoms with Gasteiger partial charge in [-0.15, -0.1) is 0 Å². The molecule has 150 valence electrons. The summed E-state index contributed by atoms with van der Waals surface area (Å²) in [7, 11) is 0. The second-order valence-corrected chi connectivity index (χ2v) is 7.48. The summed E-state index contributed by atoms with van der Waals surface area (Å²) in [4.78, 5) is 11.3. The first-order chi connectivity index (χ1) is 12.6. The summed E-state index contributed by atoms with van der Waals surface area (Å²) in [5.74, 6) is 0.466. The van der Waals surface area contributed by atoms with E-state index in [1.54, 1.807) is 0 Å². The van der Waals surface area contributed by atoms with Crippen LogP contribution >= 0.6 is 0 Å². The minimum atomic E-state index is 0.466. The van der Waals surface area contributed by atoms with E-state index < -0.39 is 0 Å². The van der Waals surface area contributed by atoms with Gasteiger partial charge in [0.25, 0.3) is 0 Å². The molecule has 0 unspecified atom stereocenters. The number of carbonyl (C=O) groups excluding carboxylic acids is 1. The van der Waals surface area contributed by atoms with Crippen LogP contribution in [0.5, 0.6) is 0 Å². The highest BCUT2D eigenvalue weighted by Crippen LogP contribution is 2.12. The lowest BCUT2D eigenvalue weighted by molar-refractivity contribution is -0.119. The molecule has 2 heteroatoms. The lowest BCUT2D eigenvalue weighted by Gasteiger charge is -2.02. The van der Waals surface area contributed by atoms with Crippen LogP contribution in [0.3, 0.4) is 0 Å². The van der Waals surface area contributed by atoms with Gasteiger partial charge in [0.15, 0.2) is 0 Å². The number of nitrogen functional groups attached to an aromatic ring is 1. The van der Waals surface area contributed by atoms with Gasteiger partial charge in [0.1, 0.15) is 5.78 Å². The number of nitrogens with two attached hydrogens (primary N) is 1. The van der Waals surface area contributed by atoms with Gasteiger partial charge in [-0.2, -0.15) is 0 Å². The molecule has 0 heterocycles. The number of rotatable bonds is 14. The molecular formula is C24H43NO. The Labute approximate surface area is 163 Å². The molecule has 0 radical (unpaired) electrons. The van der Waals surface area contributed by atoms with Crippen LogP contribution in [0, 0.1) is 6.92 Å². The Balaban J connectivity index is 0.000000642. The fourth-order valence-electron chi connectivity index (χ4n) is 2.96. The van der Waals surface area contributed by atoms with E-state index in [1.165, 1.54) is 69.8 Å². The van der Waals surface area contributed by atoms with Crippen molar-refractivity contribution in [2.45, 2.75) is 111 Å². The Morgan fingerprint density at radius 3 is 1.58 bits per heavy atom. The monoisotopic (exact) mass is 361 g/mol. The van der Waals surface area contributed by atoms with Gasteiger partial charge in [-0.3, -0.25) is 4.79 Å². The van der Waals surface area contributed by atoms with Crippen molar-refractivity contribution in [1.29, 1.82) is 0 Å². The molecule has 0 spiro atoms.